The normalized spacial score (nSPS) is 15.7. The molecule has 2 aromatic rings. The summed E-state index contributed by atoms with van der Waals surface area (Å²) in [7, 11) is 1.59. The molecule has 1 aromatic carbocycles. The molecule has 0 radical (unpaired) electrons. The standard InChI is InChI=1S/C19H26ClN5O2S/c1-27-16-6-5-13(20)11-14(16)15-12-17(26)23-19(28)25(15)10-4-7-22-18(21)24-8-2-3-9-24/h5-6,11-12,18,22H,2-4,7-10,21H2,1H3,(H,23,26,28). The fraction of sp³-hybridized carbons (Fsp3) is 0.474. The number of hydrogen-bond donors (Lipinski definition) is 3. The van der Waals surface area contributed by atoms with Gasteiger partial charge in [0.2, 0.25) is 0 Å². The van der Waals surface area contributed by atoms with Gasteiger partial charge in [0.05, 0.1) is 12.8 Å². The zero-order valence-electron chi connectivity index (χ0n) is 15.9. The summed E-state index contributed by atoms with van der Waals surface area (Å²) in [6.07, 6.45) is 3.08. The number of halogens is 1. The largest absolute Gasteiger partial charge is 0.496 e. The quantitative estimate of drug-likeness (QED) is 0.343. The van der Waals surface area contributed by atoms with Crippen LogP contribution in [0.3, 0.4) is 0 Å². The summed E-state index contributed by atoms with van der Waals surface area (Å²) in [5.74, 6) is 0.632. The van der Waals surface area contributed by atoms with Crippen molar-refractivity contribution in [1.29, 1.82) is 0 Å². The predicted octanol–water partition coefficient (Wildman–Crippen LogP) is 2.55. The minimum absolute atomic E-state index is 0.126. The van der Waals surface area contributed by atoms with E-state index >= 15 is 0 Å². The van der Waals surface area contributed by atoms with Crippen molar-refractivity contribution in [2.75, 3.05) is 26.7 Å². The molecule has 1 aromatic heterocycles. The zero-order chi connectivity index (χ0) is 20.1. The number of nitrogens with two attached hydrogens (primary N) is 1. The molecule has 152 valence electrons. The Morgan fingerprint density at radius 3 is 2.82 bits per heavy atom. The number of aromatic nitrogens is 2. The van der Waals surface area contributed by atoms with Gasteiger partial charge in [-0.3, -0.25) is 20.0 Å². The molecule has 0 amide bonds. The summed E-state index contributed by atoms with van der Waals surface area (Å²) in [4.78, 5) is 17.0. The molecular formula is C19H26ClN5O2S. The monoisotopic (exact) mass is 423 g/mol. The highest BCUT2D eigenvalue weighted by atomic mass is 35.5. The molecule has 0 spiro atoms. The average Bonchev–Trinajstić information content (AvgIpc) is 3.20. The maximum absolute atomic E-state index is 12.0. The molecule has 0 aliphatic carbocycles. The number of H-pyrrole nitrogens is 1. The lowest BCUT2D eigenvalue weighted by Crippen LogP contribution is -2.51. The molecule has 0 saturated carbocycles. The van der Waals surface area contributed by atoms with Gasteiger partial charge in [0.1, 0.15) is 12.0 Å². The molecule has 3 rings (SSSR count). The molecule has 0 bridgehead atoms. The molecular weight excluding hydrogens is 398 g/mol. The fourth-order valence-corrected chi connectivity index (χ4v) is 3.94. The maximum Gasteiger partial charge on any atom is 0.252 e. The van der Waals surface area contributed by atoms with Crippen molar-refractivity contribution in [2.45, 2.75) is 32.1 Å². The van der Waals surface area contributed by atoms with Gasteiger partial charge in [0, 0.05) is 36.3 Å². The average molecular weight is 424 g/mol. The van der Waals surface area contributed by atoms with Crippen LogP contribution in [0.4, 0.5) is 0 Å². The van der Waals surface area contributed by atoms with Gasteiger partial charge in [-0.25, -0.2) is 0 Å². The Morgan fingerprint density at radius 1 is 1.36 bits per heavy atom. The maximum atomic E-state index is 12.0. The Hall–Kier alpha value is -1.71. The SMILES string of the molecule is COc1ccc(Cl)cc1-c1cc(=O)[nH]c(=S)n1CCCNC(N)N1CCCC1. The van der Waals surface area contributed by atoms with Crippen LogP contribution < -0.4 is 21.3 Å². The van der Waals surface area contributed by atoms with Crippen LogP contribution in [-0.2, 0) is 6.54 Å². The highest BCUT2D eigenvalue weighted by Gasteiger charge is 2.17. The summed E-state index contributed by atoms with van der Waals surface area (Å²) in [6, 6.07) is 6.83. The fourth-order valence-electron chi connectivity index (χ4n) is 3.48. The van der Waals surface area contributed by atoms with E-state index in [-0.39, 0.29) is 11.8 Å². The summed E-state index contributed by atoms with van der Waals surface area (Å²) < 4.78 is 7.72. The Balaban J connectivity index is 1.77. The molecule has 1 unspecified atom stereocenters. The van der Waals surface area contributed by atoms with Crippen LogP contribution in [0.5, 0.6) is 5.75 Å². The molecule has 1 fully saturated rings. The van der Waals surface area contributed by atoms with E-state index in [1.54, 1.807) is 25.3 Å². The highest BCUT2D eigenvalue weighted by molar-refractivity contribution is 7.71. The van der Waals surface area contributed by atoms with E-state index in [1.165, 1.54) is 18.9 Å². The smallest absolute Gasteiger partial charge is 0.252 e. The van der Waals surface area contributed by atoms with Crippen LogP contribution in [0.25, 0.3) is 11.3 Å². The number of ether oxygens (including phenoxy) is 1. The summed E-state index contributed by atoms with van der Waals surface area (Å²) in [5.41, 5.74) is 7.34. The molecule has 1 aliphatic rings. The number of nitrogens with one attached hydrogen (secondary N) is 2. The molecule has 9 heteroatoms. The Morgan fingerprint density at radius 2 is 2.11 bits per heavy atom. The first-order chi connectivity index (χ1) is 13.5. The van der Waals surface area contributed by atoms with Gasteiger partial charge in [-0.2, -0.15) is 0 Å². The van der Waals surface area contributed by atoms with Crippen LogP contribution in [0.1, 0.15) is 19.3 Å². The summed E-state index contributed by atoms with van der Waals surface area (Å²) >= 11 is 11.6. The molecule has 1 aliphatic heterocycles. The van der Waals surface area contributed by atoms with Crippen LogP contribution in [0.2, 0.25) is 5.02 Å². The number of hydrogen-bond acceptors (Lipinski definition) is 6. The van der Waals surface area contributed by atoms with Crippen LogP contribution in [0, 0.1) is 4.77 Å². The van der Waals surface area contributed by atoms with Gasteiger partial charge < -0.3 is 15.0 Å². The lowest BCUT2D eigenvalue weighted by molar-refractivity contribution is 0.208. The first kappa shape index (κ1) is 21.0. The number of rotatable bonds is 8. The van der Waals surface area contributed by atoms with Crippen molar-refractivity contribution >= 4 is 23.8 Å². The van der Waals surface area contributed by atoms with Gasteiger partial charge in [0.25, 0.3) is 5.56 Å². The van der Waals surface area contributed by atoms with Crippen LogP contribution in [-0.4, -0.2) is 47.5 Å². The van der Waals surface area contributed by atoms with E-state index in [4.69, 9.17) is 34.3 Å². The lowest BCUT2D eigenvalue weighted by Gasteiger charge is -2.24. The second-order valence-electron chi connectivity index (χ2n) is 6.82. The van der Waals surface area contributed by atoms with Crippen LogP contribution in [0.15, 0.2) is 29.1 Å². The van der Waals surface area contributed by atoms with Crippen molar-refractivity contribution in [3.8, 4) is 17.0 Å². The Kier molecular flexibility index (Phi) is 7.25. The second-order valence-corrected chi connectivity index (χ2v) is 7.64. The van der Waals surface area contributed by atoms with E-state index < -0.39 is 0 Å². The van der Waals surface area contributed by atoms with E-state index in [0.717, 1.165) is 31.6 Å². The molecule has 1 saturated heterocycles. The van der Waals surface area contributed by atoms with Gasteiger partial charge in [-0.05, 0) is 56.2 Å². The Bertz CT molecular complexity index is 923. The van der Waals surface area contributed by atoms with Crippen molar-refractivity contribution in [1.82, 2.24) is 19.8 Å². The third-order valence-electron chi connectivity index (χ3n) is 4.92. The van der Waals surface area contributed by atoms with Crippen molar-refractivity contribution in [2.24, 2.45) is 5.73 Å². The van der Waals surface area contributed by atoms with Gasteiger partial charge >= 0.3 is 0 Å². The second kappa shape index (κ2) is 9.67. The lowest BCUT2D eigenvalue weighted by atomic mass is 10.1. The number of benzene rings is 1. The van der Waals surface area contributed by atoms with E-state index in [9.17, 15) is 4.79 Å². The van der Waals surface area contributed by atoms with Crippen molar-refractivity contribution < 1.29 is 4.74 Å². The highest BCUT2D eigenvalue weighted by Crippen LogP contribution is 2.32. The molecule has 4 N–H and O–H groups in total. The van der Waals surface area contributed by atoms with E-state index in [1.807, 2.05) is 4.57 Å². The van der Waals surface area contributed by atoms with Gasteiger partial charge in [0.15, 0.2) is 4.77 Å². The first-order valence-corrected chi connectivity index (χ1v) is 10.2. The van der Waals surface area contributed by atoms with E-state index in [2.05, 4.69) is 15.2 Å². The number of nitrogens with zero attached hydrogens (tertiary/aromatic N) is 2. The third kappa shape index (κ3) is 5.01. The molecule has 7 nitrogen and oxygen atoms in total. The summed E-state index contributed by atoms with van der Waals surface area (Å²) in [5, 5.41) is 3.92. The number of likely N-dealkylation sites (tertiary alicyclic amines) is 1. The predicted molar refractivity (Wildman–Crippen MR) is 114 cm³/mol. The van der Waals surface area contributed by atoms with Gasteiger partial charge in [-0.1, -0.05) is 11.6 Å². The van der Waals surface area contributed by atoms with Crippen molar-refractivity contribution in [3.63, 3.8) is 0 Å². The topological polar surface area (TPSA) is 88.3 Å². The molecule has 1 atom stereocenters. The summed E-state index contributed by atoms with van der Waals surface area (Å²) in [6.45, 7) is 3.45. The van der Waals surface area contributed by atoms with Crippen molar-refractivity contribution in [3.05, 3.63) is 44.4 Å². The van der Waals surface area contributed by atoms with Crippen LogP contribution >= 0.6 is 23.8 Å². The zero-order valence-corrected chi connectivity index (χ0v) is 17.5. The number of methoxy groups -OCH3 is 1. The third-order valence-corrected chi connectivity index (χ3v) is 5.47. The minimum atomic E-state index is -0.257. The first-order valence-electron chi connectivity index (χ1n) is 9.40. The van der Waals surface area contributed by atoms with Gasteiger partial charge in [-0.15, -0.1) is 0 Å². The minimum Gasteiger partial charge on any atom is -0.496 e. The van der Waals surface area contributed by atoms with E-state index in [0.29, 0.717) is 27.8 Å². The molecule has 28 heavy (non-hydrogen) atoms. The Labute approximate surface area is 174 Å². The number of aromatic amines is 1. The molecule has 2 heterocycles.